The average molecular weight is 1640 g/mol. The maximum Gasteiger partial charge on any atom is 0.0848 e. The second-order valence-electron chi connectivity index (χ2n) is 35.7. The maximum atomic E-state index is 5.73. The van der Waals surface area contributed by atoms with Crippen molar-refractivity contribution in [3.8, 4) is 0 Å². The fourth-order valence-corrected chi connectivity index (χ4v) is 17.1. The average Bonchev–Trinajstić information content (AvgIpc) is 0.507. The third-order valence-corrected chi connectivity index (χ3v) is 24.7. The standard InChI is InChI=1S/C109H196N2.Pd/c1-5-9-13-17-21-24-27-30-33-36-39-42-45-48-51-54-57-60-63-66-69-72-75-78-81-84-88-96-104-98-92-94-100-106(104)110-108(102-90-86-20-16-12-8-4)109(103-91-87-83-80-77-74-71-68-65-62-59-56-53-50-47-44-41-38-35-32-29-26-23-19-15-11-7-3)111-107-101-95-93-99-105(107)97-89-85-82-79-76-73-70-67-64-61-58-55-52-49-46-43-40-37-34-31-28-25-22-18-14-10-6-2;/h78-79,81-82,91-95,98-101,103H,5-77,80,83-90,96-97,102H2,1-4H3;. The molecule has 0 radical (unpaired) electrons. The summed E-state index contributed by atoms with van der Waals surface area (Å²) in [5.74, 6) is 0. The Bertz CT molecular complexity index is 2300. The van der Waals surface area contributed by atoms with Gasteiger partial charge in [0.2, 0.25) is 0 Å². The van der Waals surface area contributed by atoms with Gasteiger partial charge in [0.05, 0.1) is 22.8 Å². The van der Waals surface area contributed by atoms with E-state index in [0.29, 0.717) is 0 Å². The molecule has 0 N–H and O–H groups in total. The van der Waals surface area contributed by atoms with Gasteiger partial charge in [-0.2, -0.15) is 0 Å². The molecule has 0 spiro atoms. The van der Waals surface area contributed by atoms with Gasteiger partial charge in [0.15, 0.2) is 0 Å². The van der Waals surface area contributed by atoms with Crippen LogP contribution in [0.5, 0.6) is 0 Å². The Balaban J connectivity index is 0.0000627. The SMILES string of the molecule is CCCCCCCCCCCCCCCCCCCCCCCCC=CCCCc1ccccc1N=C(C=CCCCCCCCCCCCCCCCCCCCCCCCCCCC)C(CCCCCCCC)=Nc1ccccc1CCCC=CCCCCCCCCCCCCCCCCCCCCCCCC.[Pd]. The molecule has 0 atom stereocenters. The number of nitrogens with zero attached hydrogens (tertiary/aromatic N) is 2. The number of aliphatic imine (C=N–C) groups is 2. The number of hydrogen-bond acceptors (Lipinski definition) is 2. The summed E-state index contributed by atoms with van der Waals surface area (Å²) in [4.78, 5) is 11.4. The van der Waals surface area contributed by atoms with Gasteiger partial charge in [-0.3, -0.25) is 4.99 Å². The van der Waals surface area contributed by atoms with Gasteiger partial charge >= 0.3 is 0 Å². The van der Waals surface area contributed by atoms with E-state index < -0.39 is 0 Å². The van der Waals surface area contributed by atoms with E-state index in [-0.39, 0.29) is 20.4 Å². The molecule has 2 rings (SSSR count). The van der Waals surface area contributed by atoms with Crippen LogP contribution in [0.25, 0.3) is 0 Å². The molecule has 0 saturated carbocycles. The Hall–Kier alpha value is -2.34. The Morgan fingerprint density at radius 1 is 0.205 bits per heavy atom. The minimum absolute atomic E-state index is 0. The Labute approximate surface area is 717 Å². The number of unbranched alkanes of at least 4 members (excludes halogenated alkanes) is 76. The van der Waals surface area contributed by atoms with E-state index >= 15 is 0 Å². The van der Waals surface area contributed by atoms with E-state index in [1.54, 1.807) is 0 Å². The van der Waals surface area contributed by atoms with Crippen molar-refractivity contribution in [2.75, 3.05) is 0 Å². The summed E-state index contributed by atoms with van der Waals surface area (Å²) in [5.41, 5.74) is 7.31. The van der Waals surface area contributed by atoms with Crippen LogP contribution >= 0.6 is 0 Å². The van der Waals surface area contributed by atoms with E-state index in [2.05, 4.69) is 113 Å². The van der Waals surface area contributed by atoms with Crippen molar-refractivity contribution >= 4 is 22.8 Å². The zero-order valence-corrected chi connectivity index (χ0v) is 78.0. The van der Waals surface area contributed by atoms with Gasteiger partial charge in [-0.25, -0.2) is 4.99 Å². The van der Waals surface area contributed by atoms with Gasteiger partial charge in [-0.05, 0) is 119 Å². The van der Waals surface area contributed by atoms with Crippen LogP contribution in [-0.2, 0) is 33.3 Å². The predicted molar refractivity (Wildman–Crippen MR) is 508 cm³/mol. The van der Waals surface area contributed by atoms with Crippen LogP contribution in [0.15, 0.2) is 95.0 Å². The second kappa shape index (κ2) is 92.5. The fourth-order valence-electron chi connectivity index (χ4n) is 17.1. The summed E-state index contributed by atoms with van der Waals surface area (Å²) in [7, 11) is 0. The van der Waals surface area contributed by atoms with Crippen molar-refractivity contribution < 1.29 is 20.4 Å². The van der Waals surface area contributed by atoms with Gasteiger partial charge in [-0.15, -0.1) is 0 Å². The van der Waals surface area contributed by atoms with Crippen LogP contribution in [0.3, 0.4) is 0 Å². The van der Waals surface area contributed by atoms with E-state index in [4.69, 9.17) is 9.98 Å². The van der Waals surface area contributed by atoms with Crippen molar-refractivity contribution in [3.63, 3.8) is 0 Å². The molecule has 652 valence electrons. The second-order valence-corrected chi connectivity index (χ2v) is 35.7. The summed E-state index contributed by atoms with van der Waals surface area (Å²) in [6.07, 6.45) is 133. The number of benzene rings is 2. The van der Waals surface area contributed by atoms with Crippen molar-refractivity contribution in [1.29, 1.82) is 0 Å². The fraction of sp³-hybridized carbons (Fsp3) is 0.817. The van der Waals surface area contributed by atoms with E-state index in [9.17, 15) is 0 Å². The Morgan fingerprint density at radius 2 is 0.393 bits per heavy atom. The number of rotatable bonds is 91. The number of aryl methyl sites for hydroxylation is 2. The molecule has 0 aromatic heterocycles. The first-order valence-corrected chi connectivity index (χ1v) is 51.5. The van der Waals surface area contributed by atoms with Gasteiger partial charge in [-0.1, -0.05) is 550 Å². The summed E-state index contributed by atoms with van der Waals surface area (Å²) < 4.78 is 0. The zero-order chi connectivity index (χ0) is 78.9. The molecular weight excluding hydrogens is 1440 g/mol. The van der Waals surface area contributed by atoms with E-state index in [1.807, 2.05) is 0 Å². The molecule has 0 unspecified atom stereocenters. The van der Waals surface area contributed by atoms with Crippen LogP contribution in [0.1, 0.15) is 572 Å². The minimum Gasteiger partial charge on any atom is -0.251 e. The monoisotopic (exact) mass is 1640 g/mol. The van der Waals surface area contributed by atoms with Crippen molar-refractivity contribution in [3.05, 3.63) is 96.1 Å². The molecular formula is C109H196N2Pd. The van der Waals surface area contributed by atoms with Crippen LogP contribution < -0.4 is 0 Å². The van der Waals surface area contributed by atoms with Crippen LogP contribution in [0.4, 0.5) is 11.4 Å². The molecule has 3 heteroatoms. The molecule has 0 bridgehead atoms. The molecule has 0 aliphatic heterocycles. The molecule has 0 saturated heterocycles. The molecule has 0 fully saturated rings. The molecule has 0 aliphatic carbocycles. The maximum absolute atomic E-state index is 5.73. The summed E-state index contributed by atoms with van der Waals surface area (Å²) in [6, 6.07) is 18.2. The number of para-hydroxylation sites is 2. The van der Waals surface area contributed by atoms with Crippen LogP contribution in [0, 0.1) is 0 Å². The van der Waals surface area contributed by atoms with Crippen molar-refractivity contribution in [1.82, 2.24) is 0 Å². The largest absolute Gasteiger partial charge is 0.251 e. The topological polar surface area (TPSA) is 24.7 Å². The predicted octanol–water partition coefficient (Wildman–Crippen LogP) is 39.7. The van der Waals surface area contributed by atoms with Gasteiger partial charge in [0.1, 0.15) is 0 Å². The van der Waals surface area contributed by atoms with Gasteiger partial charge in [0, 0.05) is 20.4 Å². The molecule has 0 heterocycles. The van der Waals surface area contributed by atoms with Gasteiger partial charge in [0.25, 0.3) is 0 Å². The third-order valence-electron chi connectivity index (χ3n) is 24.7. The molecule has 0 aliphatic rings. The number of hydrogen-bond donors (Lipinski definition) is 0. The zero-order valence-electron chi connectivity index (χ0n) is 76.4. The van der Waals surface area contributed by atoms with Crippen molar-refractivity contribution in [2.24, 2.45) is 9.98 Å². The quantitative estimate of drug-likeness (QED) is 0.0273. The van der Waals surface area contributed by atoms with Crippen molar-refractivity contribution in [2.45, 2.75) is 573 Å². The third kappa shape index (κ3) is 76.3. The summed E-state index contributed by atoms with van der Waals surface area (Å²) >= 11 is 0. The molecule has 2 aromatic carbocycles. The van der Waals surface area contributed by atoms with E-state index in [1.165, 1.54) is 505 Å². The number of allylic oxidation sites excluding steroid dienone is 6. The molecule has 112 heavy (non-hydrogen) atoms. The first-order valence-electron chi connectivity index (χ1n) is 51.5. The summed E-state index contributed by atoms with van der Waals surface area (Å²) in [5, 5.41) is 0. The Morgan fingerprint density at radius 3 is 0.634 bits per heavy atom. The first kappa shape index (κ1) is 108. The Kier molecular flexibility index (Phi) is 89.0. The first-order chi connectivity index (χ1) is 55.2. The van der Waals surface area contributed by atoms with Crippen LogP contribution in [0.2, 0.25) is 0 Å². The molecule has 2 nitrogen and oxygen atoms in total. The molecule has 0 amide bonds. The minimum atomic E-state index is 0. The van der Waals surface area contributed by atoms with E-state index in [0.717, 1.165) is 74.9 Å². The van der Waals surface area contributed by atoms with Crippen LogP contribution in [-0.4, -0.2) is 11.4 Å². The molecule has 2 aromatic rings. The van der Waals surface area contributed by atoms with Gasteiger partial charge < -0.3 is 0 Å². The smallest absolute Gasteiger partial charge is 0.0848 e. The summed E-state index contributed by atoms with van der Waals surface area (Å²) in [6.45, 7) is 9.29. The normalized spacial score (nSPS) is 12.2.